The van der Waals surface area contributed by atoms with Crippen molar-refractivity contribution in [1.29, 1.82) is 0 Å². The normalized spacial score (nSPS) is 9.07. The lowest BCUT2D eigenvalue weighted by molar-refractivity contribution is -0.135. The zero-order chi connectivity index (χ0) is 22.8. The topological polar surface area (TPSA) is 79.3 Å². The van der Waals surface area contributed by atoms with E-state index in [1.807, 2.05) is 36.2 Å². The molecule has 1 aromatic heterocycles. The Balaban J connectivity index is 0.000000588. The third-order valence-electron chi connectivity index (χ3n) is 3.62. The van der Waals surface area contributed by atoms with E-state index in [0.717, 1.165) is 5.01 Å². The van der Waals surface area contributed by atoms with E-state index in [2.05, 4.69) is 72.9 Å². The molecule has 30 heavy (non-hydrogen) atoms. The minimum Gasteiger partial charge on any atom is -0.480 e. The number of nitrogens with zero attached hydrogens (tertiary/aromatic N) is 1. The standard InChI is InChI=1S/C16H13NS.C3H7NO2.C3H8S.CH2O/c1-12-7-8-14(16-17-9-10-18-16)11-15(12)13-5-3-2-4-6-13;1-4-2-3(5)6;1-3-4-2;1-2/h2-11H,1H3;4H,2H2,1H3,(H,5,6);3H2,1-2H3;1H2. The number of carboxylic acid groups (broad SMARTS) is 1. The van der Waals surface area contributed by atoms with Gasteiger partial charge in [0.05, 0.1) is 6.54 Å². The van der Waals surface area contributed by atoms with Gasteiger partial charge in [-0.1, -0.05) is 49.4 Å². The first kappa shape index (κ1) is 27.5. The number of carboxylic acids is 1. The lowest BCUT2D eigenvalue weighted by Crippen LogP contribution is -2.16. The number of aliphatic carboxylic acids is 1. The maximum Gasteiger partial charge on any atom is 0.317 e. The first-order valence-electron chi connectivity index (χ1n) is 9.23. The number of carbonyl (C=O) groups is 2. The van der Waals surface area contributed by atoms with E-state index in [-0.39, 0.29) is 6.54 Å². The number of thiazole rings is 1. The first-order chi connectivity index (χ1) is 14.5. The van der Waals surface area contributed by atoms with Crippen molar-refractivity contribution in [3.63, 3.8) is 0 Å². The molecule has 0 saturated heterocycles. The van der Waals surface area contributed by atoms with Crippen LogP contribution in [0.15, 0.2) is 60.1 Å². The second kappa shape index (κ2) is 17.4. The number of thioether (sulfide) groups is 1. The number of benzene rings is 2. The quantitative estimate of drug-likeness (QED) is 0.556. The zero-order valence-corrected chi connectivity index (χ0v) is 19.6. The van der Waals surface area contributed by atoms with E-state index in [0.29, 0.717) is 0 Å². The van der Waals surface area contributed by atoms with E-state index < -0.39 is 5.97 Å². The van der Waals surface area contributed by atoms with Crippen LogP contribution in [-0.2, 0) is 9.59 Å². The largest absolute Gasteiger partial charge is 0.480 e. The van der Waals surface area contributed by atoms with E-state index in [9.17, 15) is 4.79 Å². The fraction of sp³-hybridized carbons (Fsp3) is 0.261. The number of rotatable bonds is 5. The molecule has 3 rings (SSSR count). The molecule has 0 saturated carbocycles. The van der Waals surface area contributed by atoms with Gasteiger partial charge in [0.2, 0.25) is 0 Å². The molecule has 1 heterocycles. The van der Waals surface area contributed by atoms with Crippen LogP contribution in [0.4, 0.5) is 0 Å². The van der Waals surface area contributed by atoms with Crippen molar-refractivity contribution in [2.75, 3.05) is 25.6 Å². The van der Waals surface area contributed by atoms with Gasteiger partial charge in [0.1, 0.15) is 11.8 Å². The van der Waals surface area contributed by atoms with E-state index in [4.69, 9.17) is 9.90 Å². The molecule has 2 aromatic carbocycles. The van der Waals surface area contributed by atoms with Crippen LogP contribution in [-0.4, -0.2) is 48.4 Å². The van der Waals surface area contributed by atoms with Crippen molar-refractivity contribution in [3.05, 3.63) is 65.7 Å². The van der Waals surface area contributed by atoms with Gasteiger partial charge >= 0.3 is 5.97 Å². The Kier molecular flexibility index (Phi) is 15.9. The van der Waals surface area contributed by atoms with Crippen molar-refractivity contribution in [2.45, 2.75) is 13.8 Å². The number of aryl methyl sites for hydroxylation is 1. The Morgan fingerprint density at radius 1 is 1.17 bits per heavy atom. The fourth-order valence-corrected chi connectivity index (χ4v) is 2.84. The molecule has 0 spiro atoms. The Labute approximate surface area is 187 Å². The highest BCUT2D eigenvalue weighted by Gasteiger charge is 2.06. The predicted molar refractivity (Wildman–Crippen MR) is 130 cm³/mol. The summed E-state index contributed by atoms with van der Waals surface area (Å²) in [7, 11) is 1.59. The first-order valence-corrected chi connectivity index (χ1v) is 11.5. The highest BCUT2D eigenvalue weighted by molar-refractivity contribution is 7.98. The summed E-state index contributed by atoms with van der Waals surface area (Å²) in [6.07, 6.45) is 3.95. The molecule has 0 aliphatic heterocycles. The number of hydrogen-bond acceptors (Lipinski definition) is 6. The molecule has 162 valence electrons. The minimum atomic E-state index is -0.822. The minimum absolute atomic E-state index is 0.0417. The number of carbonyl (C=O) groups excluding carboxylic acids is 1. The maximum absolute atomic E-state index is 9.54. The van der Waals surface area contributed by atoms with E-state index in [1.165, 1.54) is 28.0 Å². The summed E-state index contributed by atoms with van der Waals surface area (Å²) in [6, 6.07) is 17.0. The van der Waals surface area contributed by atoms with Gasteiger partial charge in [0.15, 0.2) is 0 Å². The molecule has 0 atom stereocenters. The van der Waals surface area contributed by atoms with Gasteiger partial charge in [0.25, 0.3) is 0 Å². The molecule has 3 aromatic rings. The molecule has 0 aliphatic rings. The van der Waals surface area contributed by atoms with Crippen LogP contribution >= 0.6 is 23.1 Å². The number of nitrogens with one attached hydrogen (secondary N) is 1. The average Bonchev–Trinajstić information content (AvgIpc) is 3.32. The molecular weight excluding hydrogens is 416 g/mol. The van der Waals surface area contributed by atoms with Gasteiger partial charge in [-0.25, -0.2) is 4.98 Å². The average molecular weight is 447 g/mol. The van der Waals surface area contributed by atoms with E-state index >= 15 is 0 Å². The fourth-order valence-electron chi connectivity index (χ4n) is 2.20. The van der Waals surface area contributed by atoms with Crippen molar-refractivity contribution < 1.29 is 14.7 Å². The van der Waals surface area contributed by atoms with E-state index in [1.54, 1.807) is 18.4 Å². The molecule has 2 N–H and O–H groups in total. The third-order valence-corrected chi connectivity index (χ3v) is 5.02. The van der Waals surface area contributed by atoms with Crippen molar-refractivity contribution in [1.82, 2.24) is 10.3 Å². The van der Waals surface area contributed by atoms with Crippen molar-refractivity contribution in [2.24, 2.45) is 0 Å². The molecule has 0 aliphatic carbocycles. The van der Waals surface area contributed by atoms with Crippen LogP contribution in [0.5, 0.6) is 0 Å². The summed E-state index contributed by atoms with van der Waals surface area (Å²) in [5.41, 5.74) is 5.02. The van der Waals surface area contributed by atoms with Gasteiger partial charge in [-0.15, -0.1) is 11.3 Å². The number of hydrogen-bond donors (Lipinski definition) is 2. The molecule has 5 nitrogen and oxygen atoms in total. The summed E-state index contributed by atoms with van der Waals surface area (Å²) in [6.45, 7) is 6.33. The summed E-state index contributed by atoms with van der Waals surface area (Å²) in [5, 5.41) is 13.4. The molecular formula is C23H30N2O3S2. The molecule has 0 radical (unpaired) electrons. The lowest BCUT2D eigenvalue weighted by Gasteiger charge is -2.08. The van der Waals surface area contributed by atoms with Gasteiger partial charge in [-0.3, -0.25) is 4.79 Å². The van der Waals surface area contributed by atoms with Crippen molar-refractivity contribution in [3.8, 4) is 21.7 Å². The second-order valence-electron chi connectivity index (χ2n) is 5.73. The predicted octanol–water partition coefficient (Wildman–Crippen LogP) is 5.26. The molecule has 7 heteroatoms. The smallest absolute Gasteiger partial charge is 0.317 e. The zero-order valence-electron chi connectivity index (χ0n) is 17.9. The highest BCUT2D eigenvalue weighted by atomic mass is 32.2. The van der Waals surface area contributed by atoms with Crippen LogP contribution in [0.1, 0.15) is 12.5 Å². The van der Waals surface area contributed by atoms with Crippen LogP contribution in [0.3, 0.4) is 0 Å². The van der Waals surface area contributed by atoms with Crippen LogP contribution in [0.25, 0.3) is 21.7 Å². The van der Waals surface area contributed by atoms with Gasteiger partial charge in [-0.2, -0.15) is 11.8 Å². The summed E-state index contributed by atoms with van der Waals surface area (Å²) >= 11 is 3.53. The SMILES string of the molecule is C=O.CCSC.CNCC(=O)O.Cc1ccc(-c2nccs2)cc1-c1ccccc1. The monoisotopic (exact) mass is 446 g/mol. The van der Waals surface area contributed by atoms with Gasteiger partial charge in [-0.05, 0) is 48.7 Å². The van der Waals surface area contributed by atoms with Crippen LogP contribution in [0, 0.1) is 6.92 Å². The maximum atomic E-state index is 9.54. The summed E-state index contributed by atoms with van der Waals surface area (Å²) in [5.74, 6) is 0.414. The Hall–Kier alpha value is -2.48. The highest BCUT2D eigenvalue weighted by Crippen LogP contribution is 2.29. The Morgan fingerprint density at radius 2 is 1.80 bits per heavy atom. The summed E-state index contributed by atoms with van der Waals surface area (Å²) in [4.78, 5) is 21.9. The third kappa shape index (κ3) is 10.9. The lowest BCUT2D eigenvalue weighted by atomic mass is 9.98. The summed E-state index contributed by atoms with van der Waals surface area (Å²) < 4.78 is 0. The Bertz CT molecular complexity index is 824. The van der Waals surface area contributed by atoms with Gasteiger partial charge < -0.3 is 15.2 Å². The van der Waals surface area contributed by atoms with Gasteiger partial charge in [0, 0.05) is 17.1 Å². The molecule has 0 unspecified atom stereocenters. The number of likely N-dealkylation sites (N-methyl/N-ethyl adjacent to an activating group) is 1. The molecule has 0 fully saturated rings. The second-order valence-corrected chi connectivity index (χ2v) is 7.78. The Morgan fingerprint density at radius 3 is 2.23 bits per heavy atom. The van der Waals surface area contributed by atoms with Crippen molar-refractivity contribution >= 4 is 35.9 Å². The van der Waals surface area contributed by atoms with Crippen LogP contribution < -0.4 is 5.32 Å². The molecule has 0 amide bonds. The molecule has 0 bridgehead atoms. The van der Waals surface area contributed by atoms with Crippen LogP contribution in [0.2, 0.25) is 0 Å². The number of aromatic nitrogens is 1.